The maximum Gasteiger partial charge on any atom is 0.156 e. The van der Waals surface area contributed by atoms with Gasteiger partial charge in [-0.25, -0.2) is 0 Å². The smallest absolute Gasteiger partial charge is 0.156 e. The van der Waals surface area contributed by atoms with E-state index >= 15 is 0 Å². The number of aliphatic imine (C=N–C) groups is 1. The Kier molecular flexibility index (Phi) is 6.52. The van der Waals surface area contributed by atoms with Crippen LogP contribution in [0.25, 0.3) is 0 Å². The third-order valence-electron chi connectivity index (χ3n) is 2.17. The lowest BCUT2D eigenvalue weighted by molar-refractivity contribution is 0.641. The molecule has 2 nitrogen and oxygen atoms in total. The van der Waals surface area contributed by atoms with Crippen molar-refractivity contribution in [2.24, 2.45) is 4.99 Å². The van der Waals surface area contributed by atoms with E-state index in [1.54, 1.807) is 0 Å². The van der Waals surface area contributed by atoms with Gasteiger partial charge in [-0.3, -0.25) is 4.99 Å². The Morgan fingerprint density at radius 1 is 1.57 bits per heavy atom. The molecule has 1 heterocycles. The van der Waals surface area contributed by atoms with Gasteiger partial charge in [0, 0.05) is 18.3 Å². The first-order chi connectivity index (χ1) is 6.83. The van der Waals surface area contributed by atoms with Gasteiger partial charge in [0.25, 0.3) is 0 Å². The van der Waals surface area contributed by atoms with Gasteiger partial charge in [0.05, 0.1) is 0 Å². The molecule has 1 saturated heterocycles. The molecule has 4 heteroatoms. The summed E-state index contributed by atoms with van der Waals surface area (Å²) in [5, 5.41) is 4.58. The molecule has 0 radical (unpaired) electrons. The highest BCUT2D eigenvalue weighted by Crippen LogP contribution is 2.13. The van der Waals surface area contributed by atoms with E-state index in [1.165, 1.54) is 30.8 Å². The Labute approximate surface area is 95.7 Å². The average molecular weight is 232 g/mol. The number of rotatable bonds is 5. The molecule has 1 unspecified atom stereocenters. The Balaban J connectivity index is 2.10. The first-order valence-electron chi connectivity index (χ1n) is 5.25. The quantitative estimate of drug-likeness (QED) is 0.737. The van der Waals surface area contributed by atoms with Crippen LogP contribution in [0.1, 0.15) is 26.2 Å². The zero-order valence-electron chi connectivity index (χ0n) is 9.08. The Hall–Kier alpha value is 0.170. The standard InChI is InChI=1S/C10H20N2S2/c1-9-5-8-14-10(12-9)11-6-3-4-7-13-2/h9H,3-8H2,1-2H3,(H,11,12). The third kappa shape index (κ3) is 5.15. The first kappa shape index (κ1) is 12.2. The lowest BCUT2D eigenvalue weighted by atomic mass is 10.3. The SMILES string of the molecule is CSCCCCN=C1NC(C)CCS1. The molecule has 1 aliphatic heterocycles. The predicted molar refractivity (Wildman–Crippen MR) is 69.6 cm³/mol. The van der Waals surface area contributed by atoms with Crippen molar-refractivity contribution in [3.8, 4) is 0 Å². The molecular weight excluding hydrogens is 212 g/mol. The van der Waals surface area contributed by atoms with Gasteiger partial charge >= 0.3 is 0 Å². The van der Waals surface area contributed by atoms with Gasteiger partial charge in [-0.15, -0.1) is 0 Å². The molecule has 82 valence electrons. The molecule has 0 bridgehead atoms. The predicted octanol–water partition coefficient (Wildman–Crippen LogP) is 2.60. The fourth-order valence-electron chi connectivity index (χ4n) is 1.29. The molecule has 0 spiro atoms. The van der Waals surface area contributed by atoms with E-state index in [0.29, 0.717) is 6.04 Å². The fraction of sp³-hybridized carbons (Fsp3) is 0.900. The van der Waals surface area contributed by atoms with E-state index in [9.17, 15) is 0 Å². The van der Waals surface area contributed by atoms with Crippen molar-refractivity contribution in [3.05, 3.63) is 0 Å². The van der Waals surface area contributed by atoms with E-state index in [2.05, 4.69) is 23.5 Å². The summed E-state index contributed by atoms with van der Waals surface area (Å²) >= 11 is 3.78. The van der Waals surface area contributed by atoms with Gasteiger partial charge in [0.15, 0.2) is 5.17 Å². The monoisotopic (exact) mass is 232 g/mol. The van der Waals surface area contributed by atoms with Gasteiger partial charge in [-0.2, -0.15) is 11.8 Å². The normalized spacial score (nSPS) is 25.0. The molecule has 0 aliphatic carbocycles. The second-order valence-electron chi connectivity index (χ2n) is 3.57. The van der Waals surface area contributed by atoms with Crippen molar-refractivity contribution in [3.63, 3.8) is 0 Å². The van der Waals surface area contributed by atoms with Crippen LogP contribution in [-0.2, 0) is 0 Å². The number of hydrogen-bond acceptors (Lipinski definition) is 3. The second-order valence-corrected chi connectivity index (χ2v) is 5.64. The molecule has 0 amide bonds. The Morgan fingerprint density at radius 2 is 2.43 bits per heavy atom. The van der Waals surface area contributed by atoms with E-state index in [1.807, 2.05) is 23.5 Å². The summed E-state index contributed by atoms with van der Waals surface area (Å²) in [4.78, 5) is 4.56. The van der Waals surface area contributed by atoms with Crippen molar-refractivity contribution in [2.75, 3.05) is 24.3 Å². The van der Waals surface area contributed by atoms with Gasteiger partial charge in [-0.05, 0) is 38.2 Å². The van der Waals surface area contributed by atoms with Gasteiger partial charge in [-0.1, -0.05) is 11.8 Å². The van der Waals surface area contributed by atoms with Crippen LogP contribution in [0.4, 0.5) is 0 Å². The molecule has 1 N–H and O–H groups in total. The van der Waals surface area contributed by atoms with Crippen LogP contribution in [-0.4, -0.2) is 35.5 Å². The third-order valence-corrected chi connectivity index (χ3v) is 3.83. The van der Waals surface area contributed by atoms with E-state index in [4.69, 9.17) is 0 Å². The molecule has 0 aromatic carbocycles. The first-order valence-corrected chi connectivity index (χ1v) is 7.63. The molecule has 0 aromatic rings. The number of hydrogen-bond donors (Lipinski definition) is 1. The van der Waals surface area contributed by atoms with Gasteiger partial charge in [0.1, 0.15) is 0 Å². The van der Waals surface area contributed by atoms with Crippen molar-refractivity contribution in [1.82, 2.24) is 5.32 Å². The summed E-state index contributed by atoms with van der Waals surface area (Å²) in [6, 6.07) is 0.612. The number of thioether (sulfide) groups is 2. The molecule has 14 heavy (non-hydrogen) atoms. The van der Waals surface area contributed by atoms with Crippen LogP contribution >= 0.6 is 23.5 Å². The summed E-state index contributed by atoms with van der Waals surface area (Å²) < 4.78 is 0. The second kappa shape index (κ2) is 7.46. The largest absolute Gasteiger partial charge is 0.362 e. The summed E-state index contributed by atoms with van der Waals surface area (Å²) in [5.74, 6) is 2.49. The number of unbranched alkanes of at least 4 members (excludes halogenated alkanes) is 1. The molecule has 1 rings (SSSR count). The topological polar surface area (TPSA) is 24.4 Å². The van der Waals surface area contributed by atoms with Crippen LogP contribution in [0.2, 0.25) is 0 Å². The van der Waals surface area contributed by atoms with E-state index < -0.39 is 0 Å². The minimum Gasteiger partial charge on any atom is -0.362 e. The maximum atomic E-state index is 4.56. The number of nitrogens with one attached hydrogen (secondary N) is 1. The molecule has 0 aromatic heterocycles. The van der Waals surface area contributed by atoms with Gasteiger partial charge in [0.2, 0.25) is 0 Å². The van der Waals surface area contributed by atoms with Crippen molar-refractivity contribution < 1.29 is 0 Å². The maximum absolute atomic E-state index is 4.56. The van der Waals surface area contributed by atoms with E-state index in [-0.39, 0.29) is 0 Å². The van der Waals surface area contributed by atoms with Crippen LogP contribution in [0.5, 0.6) is 0 Å². The fourth-order valence-corrected chi connectivity index (χ4v) is 2.91. The molecule has 0 saturated carbocycles. The van der Waals surface area contributed by atoms with Crippen LogP contribution < -0.4 is 5.32 Å². The van der Waals surface area contributed by atoms with Crippen molar-refractivity contribution in [1.29, 1.82) is 0 Å². The Bertz CT molecular complexity index is 183. The highest BCUT2D eigenvalue weighted by molar-refractivity contribution is 8.13. The summed E-state index contributed by atoms with van der Waals surface area (Å²) in [5.41, 5.74) is 0. The minimum absolute atomic E-state index is 0.612. The van der Waals surface area contributed by atoms with Crippen LogP contribution in [0.15, 0.2) is 4.99 Å². The molecule has 1 atom stereocenters. The van der Waals surface area contributed by atoms with Crippen molar-refractivity contribution >= 4 is 28.7 Å². The molecular formula is C10H20N2S2. The highest BCUT2D eigenvalue weighted by Gasteiger charge is 2.11. The number of amidine groups is 1. The lowest BCUT2D eigenvalue weighted by Crippen LogP contribution is -2.35. The summed E-state index contributed by atoms with van der Waals surface area (Å²) in [6.45, 7) is 3.21. The average Bonchev–Trinajstić information content (AvgIpc) is 2.18. The zero-order valence-corrected chi connectivity index (χ0v) is 10.7. The van der Waals surface area contributed by atoms with Crippen molar-refractivity contribution in [2.45, 2.75) is 32.2 Å². The molecule has 1 fully saturated rings. The van der Waals surface area contributed by atoms with Crippen LogP contribution in [0, 0.1) is 0 Å². The highest BCUT2D eigenvalue weighted by atomic mass is 32.2. The summed E-state index contributed by atoms with van der Waals surface area (Å²) in [7, 11) is 0. The van der Waals surface area contributed by atoms with Crippen LogP contribution in [0.3, 0.4) is 0 Å². The minimum atomic E-state index is 0.612. The number of nitrogens with zero attached hydrogens (tertiary/aromatic N) is 1. The molecule has 1 aliphatic rings. The lowest BCUT2D eigenvalue weighted by Gasteiger charge is -2.21. The summed E-state index contributed by atoms with van der Waals surface area (Å²) in [6.07, 6.45) is 5.93. The Morgan fingerprint density at radius 3 is 3.14 bits per heavy atom. The van der Waals surface area contributed by atoms with Gasteiger partial charge < -0.3 is 5.32 Å². The van der Waals surface area contributed by atoms with E-state index in [0.717, 1.165) is 11.7 Å². The zero-order chi connectivity index (χ0) is 10.2.